The van der Waals surface area contributed by atoms with Crippen molar-refractivity contribution in [3.8, 4) is 0 Å². The highest BCUT2D eigenvalue weighted by molar-refractivity contribution is 5.85. The molecule has 0 fully saturated rings. The number of hydrogen-bond donors (Lipinski definition) is 1. The number of halogens is 1. The van der Waals surface area contributed by atoms with E-state index in [-0.39, 0.29) is 0 Å². The van der Waals surface area contributed by atoms with Crippen LogP contribution in [-0.2, 0) is 4.79 Å². The van der Waals surface area contributed by atoms with Gasteiger partial charge in [0.15, 0.2) is 0 Å². The minimum Gasteiger partial charge on any atom is -0.477 e. The van der Waals surface area contributed by atoms with Gasteiger partial charge in [0.05, 0.1) is 5.36 Å². The standard InChI is InChI=1S/C9H6FNO2/c10-9(8(12)13)5-6-3-1-2-4-7(6)11-9/h1-5H,(H,12,13). The summed E-state index contributed by atoms with van der Waals surface area (Å²) in [6.45, 7) is 0. The summed E-state index contributed by atoms with van der Waals surface area (Å²) in [4.78, 5) is 14.0. The Bertz CT molecular complexity index is 446. The highest BCUT2D eigenvalue weighted by atomic mass is 19.1. The van der Waals surface area contributed by atoms with Gasteiger partial charge in [-0.05, 0) is 12.1 Å². The maximum Gasteiger partial charge on any atom is 0.368 e. The van der Waals surface area contributed by atoms with Crippen molar-refractivity contribution in [2.45, 2.75) is 5.79 Å². The van der Waals surface area contributed by atoms with E-state index >= 15 is 0 Å². The fourth-order valence-electron chi connectivity index (χ4n) is 1.23. The van der Waals surface area contributed by atoms with Gasteiger partial charge >= 0.3 is 11.8 Å². The Morgan fingerprint density at radius 1 is 1.46 bits per heavy atom. The number of para-hydroxylation sites is 1. The molecular formula is C9H6FNO2. The fourth-order valence-corrected chi connectivity index (χ4v) is 1.23. The van der Waals surface area contributed by atoms with E-state index in [1.54, 1.807) is 24.3 Å². The normalized spacial score (nSPS) is 24.4. The smallest absolute Gasteiger partial charge is 0.368 e. The number of carboxylic acids is 1. The van der Waals surface area contributed by atoms with Gasteiger partial charge < -0.3 is 5.11 Å². The number of rotatable bonds is 1. The Labute approximate surface area is 72.8 Å². The van der Waals surface area contributed by atoms with Crippen LogP contribution in [0.15, 0.2) is 29.3 Å². The summed E-state index contributed by atoms with van der Waals surface area (Å²) in [6, 6.07) is 6.60. The fraction of sp³-hybridized carbons (Fsp3) is 0.111. The lowest BCUT2D eigenvalue weighted by atomic mass is 10.2. The summed E-state index contributed by atoms with van der Waals surface area (Å²) in [7, 11) is 0. The summed E-state index contributed by atoms with van der Waals surface area (Å²) >= 11 is 0. The highest BCUT2D eigenvalue weighted by Gasteiger charge is 2.37. The lowest BCUT2D eigenvalue weighted by Gasteiger charge is -2.05. The molecule has 0 amide bonds. The Hall–Kier alpha value is -1.71. The van der Waals surface area contributed by atoms with Gasteiger partial charge in [0, 0.05) is 5.22 Å². The zero-order valence-corrected chi connectivity index (χ0v) is 6.57. The SMILES string of the molecule is O=C(O)C1(F)C=c2ccccc2=N1. The van der Waals surface area contributed by atoms with Crippen molar-refractivity contribution in [2.75, 3.05) is 0 Å². The van der Waals surface area contributed by atoms with Gasteiger partial charge in [0.2, 0.25) is 0 Å². The van der Waals surface area contributed by atoms with E-state index in [9.17, 15) is 9.18 Å². The molecule has 0 spiro atoms. The molecule has 1 unspecified atom stereocenters. The molecule has 2 rings (SSSR count). The first-order valence-electron chi connectivity index (χ1n) is 3.72. The molecule has 3 nitrogen and oxygen atoms in total. The first kappa shape index (κ1) is 7.91. The van der Waals surface area contributed by atoms with Crippen LogP contribution in [0.3, 0.4) is 0 Å². The Morgan fingerprint density at radius 3 is 2.77 bits per heavy atom. The summed E-state index contributed by atoms with van der Waals surface area (Å²) in [5.41, 5.74) is 0. The molecule has 0 bridgehead atoms. The number of carbonyl (C=O) groups is 1. The lowest BCUT2D eigenvalue weighted by molar-refractivity contribution is -0.146. The number of carboxylic acid groups (broad SMARTS) is 1. The monoisotopic (exact) mass is 179 g/mol. The number of alkyl halides is 1. The number of aliphatic carboxylic acids is 1. The van der Waals surface area contributed by atoms with Gasteiger partial charge in [0.1, 0.15) is 0 Å². The molecule has 0 radical (unpaired) electrons. The molecule has 1 N–H and O–H groups in total. The van der Waals surface area contributed by atoms with Crippen molar-refractivity contribution in [1.29, 1.82) is 0 Å². The van der Waals surface area contributed by atoms with Crippen LogP contribution in [0.4, 0.5) is 4.39 Å². The van der Waals surface area contributed by atoms with E-state index < -0.39 is 11.8 Å². The zero-order valence-electron chi connectivity index (χ0n) is 6.57. The molecule has 1 atom stereocenters. The van der Waals surface area contributed by atoms with Crippen molar-refractivity contribution in [1.82, 2.24) is 0 Å². The van der Waals surface area contributed by atoms with Gasteiger partial charge in [-0.15, -0.1) is 0 Å². The predicted octanol–water partition coefficient (Wildman–Crippen LogP) is -0.149. The molecule has 0 aliphatic carbocycles. The Kier molecular flexibility index (Phi) is 1.45. The molecule has 0 saturated carbocycles. The second kappa shape index (κ2) is 2.39. The molecule has 1 aromatic rings. The van der Waals surface area contributed by atoms with Crippen LogP contribution in [0.1, 0.15) is 0 Å². The first-order chi connectivity index (χ1) is 6.12. The molecule has 66 valence electrons. The minimum absolute atomic E-state index is 0.382. The third-order valence-corrected chi connectivity index (χ3v) is 1.87. The Morgan fingerprint density at radius 2 is 2.15 bits per heavy atom. The predicted molar refractivity (Wildman–Crippen MR) is 43.2 cm³/mol. The molecule has 1 aliphatic rings. The molecule has 1 aliphatic heterocycles. The number of nitrogens with zero attached hydrogens (tertiary/aromatic N) is 1. The number of benzene rings is 1. The van der Waals surface area contributed by atoms with Crippen LogP contribution >= 0.6 is 0 Å². The van der Waals surface area contributed by atoms with Gasteiger partial charge in [-0.3, -0.25) is 0 Å². The van der Waals surface area contributed by atoms with E-state index in [2.05, 4.69) is 4.99 Å². The van der Waals surface area contributed by atoms with Gasteiger partial charge in [-0.25, -0.2) is 9.79 Å². The van der Waals surface area contributed by atoms with Crippen molar-refractivity contribution < 1.29 is 14.3 Å². The lowest BCUT2D eigenvalue weighted by Crippen LogP contribution is -2.27. The summed E-state index contributed by atoms with van der Waals surface area (Å²) < 4.78 is 13.4. The largest absolute Gasteiger partial charge is 0.477 e. The van der Waals surface area contributed by atoms with Gasteiger partial charge in [-0.1, -0.05) is 18.2 Å². The minimum atomic E-state index is -2.58. The van der Waals surface area contributed by atoms with Crippen LogP contribution in [0.25, 0.3) is 6.08 Å². The van der Waals surface area contributed by atoms with Crippen molar-refractivity contribution in [2.24, 2.45) is 4.99 Å². The Balaban J connectivity index is 2.70. The van der Waals surface area contributed by atoms with E-state index in [0.717, 1.165) is 6.08 Å². The maximum atomic E-state index is 13.4. The highest BCUT2D eigenvalue weighted by Crippen LogP contribution is 2.16. The molecule has 0 saturated heterocycles. The van der Waals surface area contributed by atoms with E-state index in [0.29, 0.717) is 10.6 Å². The second-order valence-corrected chi connectivity index (χ2v) is 2.79. The first-order valence-corrected chi connectivity index (χ1v) is 3.72. The molecule has 13 heavy (non-hydrogen) atoms. The van der Waals surface area contributed by atoms with Crippen LogP contribution < -0.4 is 10.6 Å². The summed E-state index contributed by atoms with van der Waals surface area (Å²) in [5, 5.41) is 9.45. The quantitative estimate of drug-likeness (QED) is 0.609. The molecule has 0 aromatic heterocycles. The molecular weight excluding hydrogens is 173 g/mol. The summed E-state index contributed by atoms with van der Waals surface area (Å²) in [6.07, 6.45) is 1.00. The second-order valence-electron chi connectivity index (χ2n) is 2.79. The van der Waals surface area contributed by atoms with Crippen molar-refractivity contribution >= 4 is 12.0 Å². The average molecular weight is 179 g/mol. The van der Waals surface area contributed by atoms with E-state index in [1.165, 1.54) is 0 Å². The third-order valence-electron chi connectivity index (χ3n) is 1.87. The van der Waals surface area contributed by atoms with Crippen molar-refractivity contribution in [3.05, 3.63) is 34.8 Å². The number of fused-ring (bicyclic) bond motifs is 1. The maximum absolute atomic E-state index is 13.4. The summed E-state index contributed by atoms with van der Waals surface area (Å²) in [5.74, 6) is -4.16. The van der Waals surface area contributed by atoms with Gasteiger partial charge in [0.25, 0.3) is 0 Å². The van der Waals surface area contributed by atoms with Crippen LogP contribution in [-0.4, -0.2) is 16.9 Å². The van der Waals surface area contributed by atoms with Crippen LogP contribution in [0, 0.1) is 0 Å². The average Bonchev–Trinajstić information content (AvgIpc) is 2.42. The third kappa shape index (κ3) is 1.11. The van der Waals surface area contributed by atoms with Crippen LogP contribution in [0.2, 0.25) is 0 Å². The number of hydrogen-bond acceptors (Lipinski definition) is 2. The van der Waals surface area contributed by atoms with Crippen LogP contribution in [0.5, 0.6) is 0 Å². The van der Waals surface area contributed by atoms with E-state index in [1.807, 2.05) is 0 Å². The zero-order chi connectivity index (χ0) is 9.47. The molecule has 1 heterocycles. The van der Waals surface area contributed by atoms with Crippen molar-refractivity contribution in [3.63, 3.8) is 0 Å². The topological polar surface area (TPSA) is 49.7 Å². The molecule has 1 aromatic carbocycles. The molecule has 4 heteroatoms. The van der Waals surface area contributed by atoms with Gasteiger partial charge in [-0.2, -0.15) is 4.39 Å². The van der Waals surface area contributed by atoms with E-state index in [4.69, 9.17) is 5.11 Å².